The molecule has 1 aromatic heterocycles. The number of carboxylic acid groups (broad SMARTS) is 1. The number of fused-ring (bicyclic) bond motifs is 1. The zero-order chi connectivity index (χ0) is 15.7. The normalized spacial score (nSPS) is 21.1. The highest BCUT2D eigenvalue weighted by molar-refractivity contribution is 5.84. The molecule has 2 heterocycles. The summed E-state index contributed by atoms with van der Waals surface area (Å²) in [7, 11) is 0. The molecule has 1 fully saturated rings. The molecule has 0 saturated carbocycles. The van der Waals surface area contributed by atoms with Crippen molar-refractivity contribution in [2.45, 2.75) is 38.5 Å². The van der Waals surface area contributed by atoms with E-state index in [1.807, 2.05) is 31.2 Å². The number of aliphatic carboxylic acids is 1. The molecule has 2 atom stereocenters. The first kappa shape index (κ1) is 14.6. The van der Waals surface area contributed by atoms with Gasteiger partial charge in [0.2, 0.25) is 5.91 Å². The van der Waals surface area contributed by atoms with Crippen molar-refractivity contribution in [3.05, 3.63) is 35.6 Å². The van der Waals surface area contributed by atoms with E-state index in [-0.39, 0.29) is 12.5 Å². The van der Waals surface area contributed by atoms with Gasteiger partial charge in [0, 0.05) is 10.9 Å². The Morgan fingerprint density at radius 1 is 1.27 bits per heavy atom. The van der Waals surface area contributed by atoms with Gasteiger partial charge in [-0.05, 0) is 25.8 Å². The summed E-state index contributed by atoms with van der Waals surface area (Å²) >= 11 is 0. The van der Waals surface area contributed by atoms with Gasteiger partial charge in [0.25, 0.3) is 0 Å². The first-order valence-corrected chi connectivity index (χ1v) is 7.19. The van der Waals surface area contributed by atoms with Crippen molar-refractivity contribution in [1.29, 1.82) is 0 Å². The molecule has 2 aromatic rings. The molecular weight excluding hydrogens is 286 g/mol. The van der Waals surface area contributed by atoms with Gasteiger partial charge in [0.15, 0.2) is 6.10 Å². The smallest absolute Gasteiger partial charge is 0.332 e. The van der Waals surface area contributed by atoms with Crippen LogP contribution in [-0.2, 0) is 20.9 Å². The van der Waals surface area contributed by atoms with Gasteiger partial charge < -0.3 is 19.6 Å². The van der Waals surface area contributed by atoms with Crippen LogP contribution in [0.25, 0.3) is 11.0 Å². The third-order valence-corrected chi connectivity index (χ3v) is 3.95. The average molecular weight is 303 g/mol. The minimum Gasteiger partial charge on any atom is -0.479 e. The van der Waals surface area contributed by atoms with Crippen molar-refractivity contribution >= 4 is 22.8 Å². The highest BCUT2D eigenvalue weighted by Gasteiger charge is 2.34. The minimum atomic E-state index is -1.02. The number of aryl methyl sites for hydroxylation is 1. The van der Waals surface area contributed by atoms with Crippen LogP contribution in [0.1, 0.15) is 24.2 Å². The second-order valence-corrected chi connectivity index (χ2v) is 5.39. The molecule has 6 heteroatoms. The van der Waals surface area contributed by atoms with Gasteiger partial charge in [-0.2, -0.15) is 0 Å². The molecule has 0 radical (unpaired) electrons. The van der Waals surface area contributed by atoms with Crippen LogP contribution in [0, 0.1) is 6.92 Å². The first-order valence-electron chi connectivity index (χ1n) is 7.19. The molecule has 22 heavy (non-hydrogen) atoms. The lowest BCUT2D eigenvalue weighted by Gasteiger charge is -2.11. The predicted octanol–water partition coefficient (Wildman–Crippen LogP) is 1.99. The largest absolute Gasteiger partial charge is 0.479 e. The molecule has 116 valence electrons. The van der Waals surface area contributed by atoms with Crippen LogP contribution in [0.4, 0.5) is 0 Å². The molecule has 2 N–H and O–H groups in total. The Labute approximate surface area is 127 Å². The molecule has 0 spiro atoms. The second kappa shape index (κ2) is 5.81. The Bertz CT molecular complexity index is 720. The van der Waals surface area contributed by atoms with Crippen molar-refractivity contribution in [1.82, 2.24) is 5.32 Å². The summed E-state index contributed by atoms with van der Waals surface area (Å²) in [6, 6.07) is 7.68. The quantitative estimate of drug-likeness (QED) is 0.901. The number of furan rings is 1. The Morgan fingerprint density at radius 3 is 2.68 bits per heavy atom. The minimum absolute atomic E-state index is 0.261. The van der Waals surface area contributed by atoms with Crippen LogP contribution in [0.15, 0.2) is 28.7 Å². The average Bonchev–Trinajstić information content (AvgIpc) is 3.11. The van der Waals surface area contributed by atoms with E-state index in [9.17, 15) is 9.59 Å². The van der Waals surface area contributed by atoms with E-state index in [2.05, 4.69) is 5.32 Å². The third-order valence-electron chi connectivity index (χ3n) is 3.95. The summed E-state index contributed by atoms with van der Waals surface area (Å²) in [4.78, 5) is 22.9. The van der Waals surface area contributed by atoms with Crippen LogP contribution >= 0.6 is 0 Å². The van der Waals surface area contributed by atoms with Crippen LogP contribution in [0.3, 0.4) is 0 Å². The Hall–Kier alpha value is -2.34. The maximum absolute atomic E-state index is 12.0. The fourth-order valence-electron chi connectivity index (χ4n) is 2.69. The van der Waals surface area contributed by atoms with E-state index in [1.165, 1.54) is 0 Å². The SMILES string of the molecule is Cc1c(CNC(=O)[C@@H]2CC[C@H](C(=O)O)O2)oc2ccccc12. The fourth-order valence-corrected chi connectivity index (χ4v) is 2.69. The van der Waals surface area contributed by atoms with E-state index in [1.54, 1.807) is 0 Å². The lowest BCUT2D eigenvalue weighted by atomic mass is 10.1. The van der Waals surface area contributed by atoms with Gasteiger partial charge in [-0.3, -0.25) is 4.79 Å². The van der Waals surface area contributed by atoms with Crippen molar-refractivity contribution < 1.29 is 23.8 Å². The van der Waals surface area contributed by atoms with Crippen molar-refractivity contribution in [3.8, 4) is 0 Å². The first-order chi connectivity index (χ1) is 10.6. The van der Waals surface area contributed by atoms with E-state index in [4.69, 9.17) is 14.3 Å². The van der Waals surface area contributed by atoms with Gasteiger partial charge in [-0.15, -0.1) is 0 Å². The molecule has 1 aliphatic rings. The fraction of sp³-hybridized carbons (Fsp3) is 0.375. The van der Waals surface area contributed by atoms with Gasteiger partial charge in [0.05, 0.1) is 6.54 Å². The maximum Gasteiger partial charge on any atom is 0.332 e. The number of hydrogen-bond acceptors (Lipinski definition) is 4. The summed E-state index contributed by atoms with van der Waals surface area (Å²) in [6.07, 6.45) is -0.812. The summed E-state index contributed by atoms with van der Waals surface area (Å²) in [5, 5.41) is 12.6. The van der Waals surface area contributed by atoms with Crippen molar-refractivity contribution in [2.24, 2.45) is 0 Å². The monoisotopic (exact) mass is 303 g/mol. The molecule has 0 bridgehead atoms. The van der Waals surface area contributed by atoms with Crippen molar-refractivity contribution in [3.63, 3.8) is 0 Å². The van der Waals surface area contributed by atoms with E-state index in [0.717, 1.165) is 16.5 Å². The number of carbonyl (C=O) groups excluding carboxylic acids is 1. The predicted molar refractivity (Wildman–Crippen MR) is 78.3 cm³/mol. The number of carboxylic acids is 1. The van der Waals surface area contributed by atoms with Gasteiger partial charge >= 0.3 is 5.97 Å². The Morgan fingerprint density at radius 2 is 2.00 bits per heavy atom. The number of carbonyl (C=O) groups is 2. The summed E-state index contributed by atoms with van der Waals surface area (Å²) < 4.78 is 10.9. The molecule has 1 saturated heterocycles. The molecule has 1 amide bonds. The van der Waals surface area contributed by atoms with E-state index < -0.39 is 18.2 Å². The molecule has 6 nitrogen and oxygen atoms in total. The summed E-state index contributed by atoms with van der Waals surface area (Å²) in [6.45, 7) is 2.21. The number of benzene rings is 1. The Balaban J connectivity index is 1.63. The highest BCUT2D eigenvalue weighted by atomic mass is 16.5. The molecule has 0 unspecified atom stereocenters. The standard InChI is InChI=1S/C16H17NO5/c1-9-10-4-2-3-5-11(10)21-14(9)8-17-15(18)12-6-7-13(22-12)16(19)20/h2-5,12-13H,6-8H2,1H3,(H,17,18)(H,19,20)/t12-,13+/m0/s1. The molecule has 0 aliphatic carbocycles. The molecular formula is C16H17NO5. The topological polar surface area (TPSA) is 88.8 Å². The van der Waals surface area contributed by atoms with Crippen LogP contribution in [-0.4, -0.2) is 29.2 Å². The lowest BCUT2D eigenvalue weighted by molar-refractivity contribution is -0.151. The number of rotatable bonds is 4. The van der Waals surface area contributed by atoms with Crippen LogP contribution in [0.2, 0.25) is 0 Å². The van der Waals surface area contributed by atoms with Crippen LogP contribution in [0.5, 0.6) is 0 Å². The van der Waals surface area contributed by atoms with Gasteiger partial charge in [-0.1, -0.05) is 18.2 Å². The summed E-state index contributed by atoms with van der Waals surface area (Å²) in [5.74, 6) is -0.630. The molecule has 1 aromatic carbocycles. The second-order valence-electron chi connectivity index (χ2n) is 5.39. The summed E-state index contributed by atoms with van der Waals surface area (Å²) in [5.41, 5.74) is 1.78. The van der Waals surface area contributed by atoms with Gasteiger partial charge in [-0.25, -0.2) is 4.79 Å². The van der Waals surface area contributed by atoms with Crippen LogP contribution < -0.4 is 5.32 Å². The zero-order valence-corrected chi connectivity index (χ0v) is 12.2. The lowest BCUT2D eigenvalue weighted by Crippen LogP contribution is -2.35. The number of hydrogen-bond donors (Lipinski definition) is 2. The molecule has 3 rings (SSSR count). The third kappa shape index (κ3) is 2.69. The van der Waals surface area contributed by atoms with Gasteiger partial charge in [0.1, 0.15) is 17.4 Å². The number of amides is 1. The number of para-hydroxylation sites is 1. The number of nitrogens with one attached hydrogen (secondary N) is 1. The van der Waals surface area contributed by atoms with Crippen molar-refractivity contribution in [2.75, 3.05) is 0 Å². The Kier molecular flexibility index (Phi) is 3.85. The maximum atomic E-state index is 12.0. The highest BCUT2D eigenvalue weighted by Crippen LogP contribution is 2.25. The molecule has 1 aliphatic heterocycles. The number of ether oxygens (including phenoxy) is 1. The zero-order valence-electron chi connectivity index (χ0n) is 12.2. The van der Waals surface area contributed by atoms with E-state index in [0.29, 0.717) is 18.6 Å². The van der Waals surface area contributed by atoms with E-state index >= 15 is 0 Å².